The Hall–Kier alpha value is -1.31. The maximum atomic E-state index is 4.36. The predicted octanol–water partition coefficient (Wildman–Crippen LogP) is 2.62. The van der Waals surface area contributed by atoms with Crippen molar-refractivity contribution < 1.29 is 0 Å². The lowest BCUT2D eigenvalue weighted by molar-refractivity contribution is 1.19. The molecule has 0 fully saturated rings. The highest BCUT2D eigenvalue weighted by Gasteiger charge is 2.02. The summed E-state index contributed by atoms with van der Waals surface area (Å²) in [5.41, 5.74) is 3.30. The number of hydrogen-bond acceptors (Lipinski definition) is 1. The van der Waals surface area contributed by atoms with E-state index in [2.05, 4.69) is 16.5 Å². The van der Waals surface area contributed by atoms with E-state index in [1.807, 2.05) is 26.8 Å². The summed E-state index contributed by atoms with van der Waals surface area (Å²) in [6.07, 6.45) is 3.71. The zero-order valence-corrected chi connectivity index (χ0v) is 7.81. The molecule has 1 aromatic heterocycles. The molecule has 2 nitrogen and oxygen atoms in total. The number of imidazole rings is 1. The van der Waals surface area contributed by atoms with E-state index in [1.54, 1.807) is 6.08 Å². The summed E-state index contributed by atoms with van der Waals surface area (Å²) in [5.74, 6) is 0.935. The molecule has 1 aromatic rings. The highest BCUT2D eigenvalue weighted by molar-refractivity contribution is 5.59. The molecule has 2 heteroatoms. The summed E-state index contributed by atoms with van der Waals surface area (Å²) in [5, 5.41) is 0. The third-order valence-corrected chi connectivity index (χ3v) is 1.87. The minimum Gasteiger partial charge on any atom is -0.342 e. The van der Waals surface area contributed by atoms with Crippen LogP contribution in [0.2, 0.25) is 0 Å². The molecule has 0 aliphatic rings. The lowest BCUT2D eigenvalue weighted by Crippen LogP contribution is -1.81. The lowest BCUT2D eigenvalue weighted by atomic mass is 10.3. The first-order valence-electron chi connectivity index (χ1n) is 3.98. The number of aromatic nitrogens is 2. The van der Waals surface area contributed by atoms with Crippen LogP contribution in [0.15, 0.2) is 18.7 Å². The van der Waals surface area contributed by atoms with Crippen molar-refractivity contribution in [2.75, 3.05) is 0 Å². The van der Waals surface area contributed by atoms with Crippen molar-refractivity contribution in [2.24, 2.45) is 0 Å². The Labute approximate surface area is 73.0 Å². The second-order valence-corrected chi connectivity index (χ2v) is 2.88. The molecule has 0 aliphatic heterocycles. The van der Waals surface area contributed by atoms with Crippen LogP contribution in [0.1, 0.15) is 24.1 Å². The summed E-state index contributed by atoms with van der Waals surface area (Å²) in [6.45, 7) is 9.67. The van der Waals surface area contributed by atoms with Gasteiger partial charge in [-0.25, -0.2) is 4.98 Å². The van der Waals surface area contributed by atoms with Gasteiger partial charge in [0.1, 0.15) is 5.82 Å². The molecule has 0 unspecified atom stereocenters. The summed E-state index contributed by atoms with van der Waals surface area (Å²) >= 11 is 0. The third kappa shape index (κ3) is 1.64. The van der Waals surface area contributed by atoms with Crippen molar-refractivity contribution >= 4 is 5.57 Å². The van der Waals surface area contributed by atoms with Crippen LogP contribution >= 0.6 is 0 Å². The first-order valence-corrected chi connectivity index (χ1v) is 3.98. The molecule has 0 amide bonds. The zero-order chi connectivity index (χ0) is 9.14. The second kappa shape index (κ2) is 3.39. The van der Waals surface area contributed by atoms with Crippen LogP contribution in [-0.4, -0.2) is 9.97 Å². The number of rotatable bonds is 2. The van der Waals surface area contributed by atoms with Gasteiger partial charge in [-0.3, -0.25) is 0 Å². The van der Waals surface area contributed by atoms with E-state index >= 15 is 0 Å². The fourth-order valence-corrected chi connectivity index (χ4v) is 0.990. The predicted molar refractivity (Wildman–Crippen MR) is 51.9 cm³/mol. The molecule has 0 saturated heterocycles. The van der Waals surface area contributed by atoms with Gasteiger partial charge >= 0.3 is 0 Å². The molecular formula is C10H14N2. The minimum atomic E-state index is 0.935. The largest absolute Gasteiger partial charge is 0.342 e. The van der Waals surface area contributed by atoms with Crippen molar-refractivity contribution in [2.45, 2.75) is 20.8 Å². The Morgan fingerprint density at radius 2 is 2.17 bits per heavy atom. The average molecular weight is 162 g/mol. The molecule has 64 valence electrons. The molecule has 0 radical (unpaired) electrons. The Morgan fingerprint density at radius 3 is 2.58 bits per heavy atom. The normalized spacial score (nSPS) is 11.8. The fraction of sp³-hybridized carbons (Fsp3) is 0.300. The van der Waals surface area contributed by atoms with Gasteiger partial charge in [-0.1, -0.05) is 18.7 Å². The Kier molecular flexibility index (Phi) is 2.48. The Balaban J connectivity index is 3.04. The quantitative estimate of drug-likeness (QED) is 0.665. The SMILES string of the molecule is C=C/C=C(\C)c1nc(C)c(C)[nH]1. The van der Waals surface area contributed by atoms with Crippen LogP contribution < -0.4 is 0 Å². The smallest absolute Gasteiger partial charge is 0.133 e. The van der Waals surface area contributed by atoms with Crippen LogP contribution in [0, 0.1) is 13.8 Å². The van der Waals surface area contributed by atoms with Gasteiger partial charge in [0.25, 0.3) is 0 Å². The molecule has 0 spiro atoms. The molecule has 0 saturated carbocycles. The highest BCUT2D eigenvalue weighted by atomic mass is 14.9. The molecular weight excluding hydrogens is 148 g/mol. The number of aryl methyl sites for hydroxylation is 2. The van der Waals surface area contributed by atoms with E-state index in [0.29, 0.717) is 0 Å². The highest BCUT2D eigenvalue weighted by Crippen LogP contribution is 2.11. The molecule has 0 aliphatic carbocycles. The number of allylic oxidation sites excluding steroid dienone is 3. The van der Waals surface area contributed by atoms with Gasteiger partial charge in [-0.05, 0) is 26.3 Å². The van der Waals surface area contributed by atoms with Gasteiger partial charge in [0.05, 0.1) is 5.69 Å². The number of aromatic amines is 1. The van der Waals surface area contributed by atoms with Gasteiger partial charge in [0, 0.05) is 5.69 Å². The summed E-state index contributed by atoms with van der Waals surface area (Å²) < 4.78 is 0. The molecule has 1 N–H and O–H groups in total. The van der Waals surface area contributed by atoms with Crippen LogP contribution in [0.25, 0.3) is 5.57 Å². The van der Waals surface area contributed by atoms with Crippen molar-refractivity contribution in [3.8, 4) is 0 Å². The van der Waals surface area contributed by atoms with Crippen molar-refractivity contribution in [1.29, 1.82) is 0 Å². The van der Waals surface area contributed by atoms with Crippen molar-refractivity contribution in [3.05, 3.63) is 35.9 Å². The third-order valence-electron chi connectivity index (χ3n) is 1.87. The van der Waals surface area contributed by atoms with Gasteiger partial charge < -0.3 is 4.98 Å². The molecule has 1 rings (SSSR count). The maximum Gasteiger partial charge on any atom is 0.133 e. The van der Waals surface area contributed by atoms with Crippen LogP contribution in [0.3, 0.4) is 0 Å². The van der Waals surface area contributed by atoms with Crippen molar-refractivity contribution in [3.63, 3.8) is 0 Å². The van der Waals surface area contributed by atoms with Gasteiger partial charge in [-0.2, -0.15) is 0 Å². The molecule has 0 bridgehead atoms. The van der Waals surface area contributed by atoms with E-state index < -0.39 is 0 Å². The minimum absolute atomic E-state index is 0.935. The summed E-state index contributed by atoms with van der Waals surface area (Å²) in [6, 6.07) is 0. The van der Waals surface area contributed by atoms with Gasteiger partial charge in [0.15, 0.2) is 0 Å². The van der Waals surface area contributed by atoms with Crippen LogP contribution in [-0.2, 0) is 0 Å². The zero-order valence-electron chi connectivity index (χ0n) is 7.81. The molecule has 1 heterocycles. The number of nitrogens with one attached hydrogen (secondary N) is 1. The van der Waals surface area contributed by atoms with Crippen molar-refractivity contribution in [1.82, 2.24) is 9.97 Å². The fourth-order valence-electron chi connectivity index (χ4n) is 0.990. The van der Waals surface area contributed by atoms with E-state index in [9.17, 15) is 0 Å². The molecule has 12 heavy (non-hydrogen) atoms. The monoisotopic (exact) mass is 162 g/mol. The summed E-state index contributed by atoms with van der Waals surface area (Å²) in [4.78, 5) is 7.56. The topological polar surface area (TPSA) is 28.7 Å². The van der Waals surface area contributed by atoms with E-state index in [4.69, 9.17) is 0 Å². The maximum absolute atomic E-state index is 4.36. The molecule has 0 atom stereocenters. The second-order valence-electron chi connectivity index (χ2n) is 2.88. The lowest BCUT2D eigenvalue weighted by Gasteiger charge is -1.91. The first-order chi connectivity index (χ1) is 5.65. The van der Waals surface area contributed by atoms with Crippen LogP contribution in [0.4, 0.5) is 0 Å². The van der Waals surface area contributed by atoms with Gasteiger partial charge in [0.2, 0.25) is 0 Å². The standard InChI is InChI=1S/C10H14N2/c1-5-6-7(2)10-11-8(3)9(4)12-10/h5-6H,1H2,2-4H3,(H,11,12)/b7-6+. The van der Waals surface area contributed by atoms with Gasteiger partial charge in [-0.15, -0.1) is 0 Å². The average Bonchev–Trinajstić information content (AvgIpc) is 2.33. The van der Waals surface area contributed by atoms with Crippen LogP contribution in [0.5, 0.6) is 0 Å². The summed E-state index contributed by atoms with van der Waals surface area (Å²) in [7, 11) is 0. The van der Waals surface area contributed by atoms with E-state index in [0.717, 1.165) is 22.8 Å². The number of nitrogens with zero attached hydrogens (tertiary/aromatic N) is 1. The van der Waals surface area contributed by atoms with E-state index in [1.165, 1.54) is 0 Å². The Morgan fingerprint density at radius 1 is 1.50 bits per heavy atom. The number of hydrogen-bond donors (Lipinski definition) is 1. The first kappa shape index (κ1) is 8.78. The Bertz CT molecular complexity index is 299. The number of H-pyrrole nitrogens is 1. The molecule has 0 aromatic carbocycles. The van der Waals surface area contributed by atoms with E-state index in [-0.39, 0.29) is 0 Å².